The quantitative estimate of drug-likeness (QED) is 0.826. The molecule has 0 aliphatic carbocycles. The van der Waals surface area contributed by atoms with Crippen molar-refractivity contribution < 1.29 is 18.3 Å². The van der Waals surface area contributed by atoms with Crippen LogP contribution in [0, 0.1) is 0 Å². The SMILES string of the molecule is CN(CC(=O)Nc1ccccc1Br)c1ccc(OC(F)F)cn1. The Kier molecular flexibility index (Phi) is 5.86. The maximum atomic E-state index is 12.1. The number of nitrogens with zero attached hydrogens (tertiary/aromatic N) is 2. The highest BCUT2D eigenvalue weighted by molar-refractivity contribution is 9.10. The van der Waals surface area contributed by atoms with E-state index in [0.717, 1.165) is 4.47 Å². The van der Waals surface area contributed by atoms with Gasteiger partial charge in [-0.2, -0.15) is 8.78 Å². The van der Waals surface area contributed by atoms with E-state index in [9.17, 15) is 13.6 Å². The predicted octanol–water partition coefficient (Wildman–Crippen LogP) is 3.52. The van der Waals surface area contributed by atoms with Crippen LogP contribution in [0.2, 0.25) is 0 Å². The number of hydrogen-bond acceptors (Lipinski definition) is 4. The number of benzene rings is 1. The number of para-hydroxylation sites is 1. The molecule has 1 aromatic heterocycles. The van der Waals surface area contributed by atoms with Crippen LogP contribution in [-0.2, 0) is 4.79 Å². The van der Waals surface area contributed by atoms with E-state index in [4.69, 9.17) is 0 Å². The lowest BCUT2D eigenvalue weighted by molar-refractivity contribution is -0.114. The highest BCUT2D eigenvalue weighted by Gasteiger charge is 2.11. The number of halogens is 3. The summed E-state index contributed by atoms with van der Waals surface area (Å²) < 4.78 is 29.2. The Bertz CT molecular complexity index is 668. The van der Waals surface area contributed by atoms with Crippen LogP contribution in [0.1, 0.15) is 0 Å². The second-order valence-corrected chi connectivity index (χ2v) is 5.47. The number of ether oxygens (including phenoxy) is 1. The molecule has 0 aliphatic rings. The van der Waals surface area contributed by atoms with E-state index < -0.39 is 6.61 Å². The van der Waals surface area contributed by atoms with Gasteiger partial charge in [0.05, 0.1) is 18.4 Å². The number of anilines is 2. The van der Waals surface area contributed by atoms with Crippen molar-refractivity contribution in [2.45, 2.75) is 6.61 Å². The van der Waals surface area contributed by atoms with Crippen LogP contribution in [0.3, 0.4) is 0 Å². The Labute approximate surface area is 140 Å². The average molecular weight is 386 g/mol. The number of aromatic nitrogens is 1. The maximum Gasteiger partial charge on any atom is 0.387 e. The molecule has 23 heavy (non-hydrogen) atoms. The largest absolute Gasteiger partial charge is 0.433 e. The summed E-state index contributed by atoms with van der Waals surface area (Å²) >= 11 is 3.35. The number of likely N-dealkylation sites (N-methyl/N-ethyl adjacent to an activating group) is 1. The average Bonchev–Trinajstić information content (AvgIpc) is 2.49. The van der Waals surface area contributed by atoms with E-state index in [0.29, 0.717) is 11.5 Å². The molecule has 5 nitrogen and oxygen atoms in total. The van der Waals surface area contributed by atoms with Gasteiger partial charge in [-0.1, -0.05) is 12.1 Å². The van der Waals surface area contributed by atoms with Crippen LogP contribution in [0.15, 0.2) is 47.1 Å². The third-order valence-electron chi connectivity index (χ3n) is 2.87. The molecule has 0 saturated carbocycles. The molecule has 0 unspecified atom stereocenters. The van der Waals surface area contributed by atoms with Gasteiger partial charge in [0.1, 0.15) is 11.6 Å². The van der Waals surface area contributed by atoms with Crippen LogP contribution in [-0.4, -0.2) is 31.1 Å². The van der Waals surface area contributed by atoms with Gasteiger partial charge in [-0.25, -0.2) is 4.98 Å². The number of nitrogens with one attached hydrogen (secondary N) is 1. The highest BCUT2D eigenvalue weighted by Crippen LogP contribution is 2.21. The first-order chi connectivity index (χ1) is 11.0. The van der Waals surface area contributed by atoms with Crippen molar-refractivity contribution in [1.82, 2.24) is 4.98 Å². The van der Waals surface area contributed by atoms with E-state index in [1.54, 1.807) is 18.0 Å². The van der Waals surface area contributed by atoms with Crippen molar-refractivity contribution >= 4 is 33.3 Å². The first-order valence-corrected chi connectivity index (χ1v) is 7.41. The summed E-state index contributed by atoms with van der Waals surface area (Å²) in [6, 6.07) is 10.1. The Morgan fingerprint density at radius 3 is 2.70 bits per heavy atom. The molecule has 2 aromatic rings. The zero-order chi connectivity index (χ0) is 16.8. The Morgan fingerprint density at radius 1 is 1.35 bits per heavy atom. The summed E-state index contributed by atoms with van der Waals surface area (Å²) in [5, 5.41) is 2.77. The van der Waals surface area contributed by atoms with Gasteiger partial charge in [0, 0.05) is 11.5 Å². The van der Waals surface area contributed by atoms with Crippen LogP contribution in [0.25, 0.3) is 0 Å². The molecular formula is C15H14BrF2N3O2. The molecule has 8 heteroatoms. The van der Waals surface area contributed by atoms with Crippen molar-refractivity contribution in [3.63, 3.8) is 0 Å². The number of carbonyl (C=O) groups excluding carboxylic acids is 1. The van der Waals surface area contributed by atoms with Crippen LogP contribution >= 0.6 is 15.9 Å². The molecule has 0 fully saturated rings. The molecule has 1 N–H and O–H groups in total. The second kappa shape index (κ2) is 7.87. The zero-order valence-corrected chi connectivity index (χ0v) is 13.8. The maximum absolute atomic E-state index is 12.1. The normalized spacial score (nSPS) is 10.5. The van der Waals surface area contributed by atoms with Gasteiger partial charge >= 0.3 is 6.61 Å². The van der Waals surface area contributed by atoms with Crippen LogP contribution in [0.4, 0.5) is 20.3 Å². The molecule has 2 rings (SSSR count). The van der Waals surface area contributed by atoms with Crippen molar-refractivity contribution in [1.29, 1.82) is 0 Å². The Balaban J connectivity index is 1.94. The van der Waals surface area contributed by atoms with Crippen molar-refractivity contribution in [2.24, 2.45) is 0 Å². The smallest absolute Gasteiger partial charge is 0.387 e. The van der Waals surface area contributed by atoms with Gasteiger partial charge < -0.3 is 15.0 Å². The van der Waals surface area contributed by atoms with Gasteiger partial charge in [-0.3, -0.25) is 4.79 Å². The lowest BCUT2D eigenvalue weighted by Gasteiger charge is -2.18. The molecule has 0 bridgehead atoms. The third kappa shape index (κ3) is 5.17. The zero-order valence-electron chi connectivity index (χ0n) is 12.2. The van der Waals surface area contributed by atoms with Crippen molar-refractivity contribution in [3.8, 4) is 5.75 Å². The minimum absolute atomic E-state index is 0.0326. The molecule has 122 valence electrons. The fraction of sp³-hybridized carbons (Fsp3) is 0.200. The molecule has 0 saturated heterocycles. The second-order valence-electron chi connectivity index (χ2n) is 4.61. The van der Waals surface area contributed by atoms with Crippen molar-refractivity contribution in [3.05, 3.63) is 47.1 Å². The van der Waals surface area contributed by atoms with Crippen LogP contribution in [0.5, 0.6) is 5.75 Å². The number of hydrogen-bond donors (Lipinski definition) is 1. The molecule has 0 aliphatic heterocycles. The number of alkyl halides is 2. The third-order valence-corrected chi connectivity index (χ3v) is 3.56. The fourth-order valence-corrected chi connectivity index (χ4v) is 2.20. The molecular weight excluding hydrogens is 372 g/mol. The van der Waals surface area contributed by atoms with E-state index in [1.807, 2.05) is 18.2 Å². The van der Waals surface area contributed by atoms with E-state index in [2.05, 4.69) is 31.0 Å². The molecule has 1 aromatic carbocycles. The highest BCUT2D eigenvalue weighted by atomic mass is 79.9. The van der Waals surface area contributed by atoms with Crippen molar-refractivity contribution in [2.75, 3.05) is 23.8 Å². The van der Waals surface area contributed by atoms with E-state index in [-0.39, 0.29) is 18.2 Å². The van der Waals surface area contributed by atoms with Gasteiger partial charge in [0.25, 0.3) is 0 Å². The monoisotopic (exact) mass is 385 g/mol. The molecule has 0 radical (unpaired) electrons. The number of pyridine rings is 1. The Hall–Kier alpha value is -2.22. The number of amides is 1. The van der Waals surface area contributed by atoms with Crippen LogP contribution < -0.4 is 15.0 Å². The Morgan fingerprint density at radius 2 is 2.09 bits per heavy atom. The van der Waals surface area contributed by atoms with Gasteiger partial charge in [-0.15, -0.1) is 0 Å². The molecule has 1 heterocycles. The standard InChI is InChI=1S/C15H14BrF2N3O2/c1-21(13-7-6-10(8-19-13)23-15(17)18)9-14(22)20-12-5-3-2-4-11(12)16/h2-8,15H,9H2,1H3,(H,20,22). The lowest BCUT2D eigenvalue weighted by atomic mass is 10.3. The predicted molar refractivity (Wildman–Crippen MR) is 86.9 cm³/mol. The molecule has 0 atom stereocenters. The van der Waals surface area contributed by atoms with Gasteiger partial charge in [-0.05, 0) is 40.2 Å². The van der Waals surface area contributed by atoms with E-state index in [1.165, 1.54) is 18.3 Å². The number of rotatable bonds is 6. The molecule has 1 amide bonds. The molecule has 0 spiro atoms. The van der Waals surface area contributed by atoms with Gasteiger partial charge in [0.15, 0.2) is 0 Å². The summed E-state index contributed by atoms with van der Waals surface area (Å²) in [5.74, 6) is 0.206. The first kappa shape index (κ1) is 17.1. The summed E-state index contributed by atoms with van der Waals surface area (Å²) in [4.78, 5) is 17.6. The fourth-order valence-electron chi connectivity index (χ4n) is 1.82. The summed E-state index contributed by atoms with van der Waals surface area (Å²) in [7, 11) is 1.68. The summed E-state index contributed by atoms with van der Waals surface area (Å²) in [6.07, 6.45) is 1.18. The lowest BCUT2D eigenvalue weighted by Crippen LogP contribution is -2.30. The minimum Gasteiger partial charge on any atom is -0.433 e. The topological polar surface area (TPSA) is 54.5 Å². The van der Waals surface area contributed by atoms with Gasteiger partial charge in [0.2, 0.25) is 5.91 Å². The summed E-state index contributed by atoms with van der Waals surface area (Å²) in [5.41, 5.74) is 0.666. The number of carbonyl (C=O) groups is 1. The summed E-state index contributed by atoms with van der Waals surface area (Å²) in [6.45, 7) is -2.83. The first-order valence-electron chi connectivity index (χ1n) is 6.62. The van der Waals surface area contributed by atoms with E-state index >= 15 is 0 Å². The minimum atomic E-state index is -2.89.